The van der Waals surface area contributed by atoms with Crippen molar-refractivity contribution in [3.63, 3.8) is 0 Å². The van der Waals surface area contributed by atoms with Gasteiger partial charge in [0, 0.05) is 19.0 Å². The number of rotatable bonds is 2. The average molecular weight is 296 g/mol. The third-order valence-electron chi connectivity index (χ3n) is 4.37. The first-order valence-corrected chi connectivity index (χ1v) is 7.31. The van der Waals surface area contributed by atoms with Crippen LogP contribution in [0.3, 0.4) is 0 Å². The number of likely N-dealkylation sites (tertiary alicyclic amines) is 1. The topological polar surface area (TPSA) is 105 Å². The number of nitrogens with one attached hydrogen (secondary N) is 2. The number of piperidine rings is 1. The highest BCUT2D eigenvalue weighted by atomic mass is 16.2. The molecule has 0 aromatic heterocycles. The zero-order chi connectivity index (χ0) is 15.8. The molecule has 2 unspecified atom stereocenters. The lowest BCUT2D eigenvalue weighted by atomic mass is 9.84. The number of urea groups is 1. The molecular weight excluding hydrogens is 272 g/mol. The van der Waals surface area contributed by atoms with Gasteiger partial charge in [-0.25, -0.2) is 4.79 Å². The average Bonchev–Trinajstić information content (AvgIpc) is 2.62. The first kappa shape index (κ1) is 15.8. The van der Waals surface area contributed by atoms with E-state index >= 15 is 0 Å². The number of hydrogen-bond donors (Lipinski definition) is 3. The molecule has 1 spiro atoms. The number of nitrogens with two attached hydrogens (primary N) is 1. The van der Waals surface area contributed by atoms with Crippen LogP contribution in [0, 0.1) is 5.41 Å². The minimum atomic E-state index is -0.961. The summed E-state index contributed by atoms with van der Waals surface area (Å²) in [6, 6.07) is -0.726. The molecule has 4 N–H and O–H groups in total. The maximum absolute atomic E-state index is 12.4. The van der Waals surface area contributed by atoms with Gasteiger partial charge in [-0.1, -0.05) is 20.8 Å². The quantitative estimate of drug-likeness (QED) is 0.621. The third-order valence-corrected chi connectivity index (χ3v) is 4.37. The number of imide groups is 1. The standard InChI is InChI=1S/C14H24N4O3/c1-13(2,3)9(15)7-10(19)18-6-4-5-14(8-18)11(20)16-12(21)17-14/h9H,4-8,15H2,1-3H3,(H2,16,17,20,21). The van der Waals surface area contributed by atoms with Crippen molar-refractivity contribution in [3.05, 3.63) is 0 Å². The van der Waals surface area contributed by atoms with Crippen LogP contribution < -0.4 is 16.4 Å². The molecule has 0 aliphatic carbocycles. The molecule has 0 aromatic rings. The molecule has 2 rings (SSSR count). The minimum absolute atomic E-state index is 0.0644. The van der Waals surface area contributed by atoms with E-state index in [2.05, 4.69) is 10.6 Å². The molecule has 2 heterocycles. The van der Waals surface area contributed by atoms with Crippen molar-refractivity contribution in [2.75, 3.05) is 13.1 Å². The van der Waals surface area contributed by atoms with Gasteiger partial charge in [-0.15, -0.1) is 0 Å². The largest absolute Gasteiger partial charge is 0.340 e. The van der Waals surface area contributed by atoms with Crippen molar-refractivity contribution in [2.45, 2.75) is 51.6 Å². The summed E-state index contributed by atoms with van der Waals surface area (Å²) in [5.74, 6) is -0.407. The van der Waals surface area contributed by atoms with E-state index in [1.165, 1.54) is 0 Å². The van der Waals surface area contributed by atoms with Gasteiger partial charge in [0.1, 0.15) is 5.54 Å². The van der Waals surface area contributed by atoms with Gasteiger partial charge in [0.2, 0.25) is 5.91 Å². The van der Waals surface area contributed by atoms with E-state index < -0.39 is 11.6 Å². The van der Waals surface area contributed by atoms with Crippen LogP contribution in [0.2, 0.25) is 0 Å². The molecule has 0 bridgehead atoms. The van der Waals surface area contributed by atoms with E-state index in [4.69, 9.17) is 5.73 Å². The Hall–Kier alpha value is -1.63. The Morgan fingerprint density at radius 3 is 2.62 bits per heavy atom. The molecule has 2 saturated heterocycles. The lowest BCUT2D eigenvalue weighted by Gasteiger charge is -2.39. The Balaban J connectivity index is 2.03. The van der Waals surface area contributed by atoms with Crippen LogP contribution in [0.4, 0.5) is 4.79 Å². The van der Waals surface area contributed by atoms with Crippen LogP contribution in [-0.4, -0.2) is 47.4 Å². The Kier molecular flexibility index (Phi) is 3.97. The maximum atomic E-state index is 12.4. The van der Waals surface area contributed by atoms with Crippen molar-refractivity contribution in [3.8, 4) is 0 Å². The minimum Gasteiger partial charge on any atom is -0.340 e. The summed E-state index contributed by atoms with van der Waals surface area (Å²) in [4.78, 5) is 37.3. The summed E-state index contributed by atoms with van der Waals surface area (Å²) in [5, 5.41) is 4.91. The number of amides is 4. The number of carbonyl (C=O) groups is 3. The maximum Gasteiger partial charge on any atom is 0.322 e. The molecule has 0 aromatic carbocycles. The summed E-state index contributed by atoms with van der Waals surface area (Å²) in [5.41, 5.74) is 4.94. The summed E-state index contributed by atoms with van der Waals surface area (Å²) in [7, 11) is 0. The van der Waals surface area contributed by atoms with Crippen molar-refractivity contribution in [2.24, 2.45) is 11.1 Å². The second-order valence-corrected chi connectivity index (χ2v) is 7.09. The molecule has 2 aliphatic heterocycles. The SMILES string of the molecule is CC(C)(C)C(N)CC(=O)N1CCCC2(C1)NC(=O)NC2=O. The van der Waals surface area contributed by atoms with Crippen LogP contribution in [0.1, 0.15) is 40.0 Å². The molecule has 2 fully saturated rings. The van der Waals surface area contributed by atoms with Gasteiger partial charge < -0.3 is 16.0 Å². The van der Waals surface area contributed by atoms with E-state index in [1.807, 2.05) is 20.8 Å². The zero-order valence-corrected chi connectivity index (χ0v) is 12.9. The van der Waals surface area contributed by atoms with Crippen molar-refractivity contribution >= 4 is 17.8 Å². The van der Waals surface area contributed by atoms with Crippen LogP contribution in [0.5, 0.6) is 0 Å². The molecule has 21 heavy (non-hydrogen) atoms. The van der Waals surface area contributed by atoms with Crippen LogP contribution >= 0.6 is 0 Å². The van der Waals surface area contributed by atoms with Gasteiger partial charge in [0.05, 0.1) is 6.54 Å². The summed E-state index contributed by atoms with van der Waals surface area (Å²) in [6.45, 7) is 6.80. The van der Waals surface area contributed by atoms with Crippen LogP contribution in [0.25, 0.3) is 0 Å². The number of nitrogens with zero attached hydrogens (tertiary/aromatic N) is 1. The van der Waals surface area contributed by atoms with Gasteiger partial charge in [0.15, 0.2) is 0 Å². The predicted octanol–water partition coefficient (Wildman–Crippen LogP) is -0.0495. The normalized spacial score (nSPS) is 27.5. The monoisotopic (exact) mass is 296 g/mol. The lowest BCUT2D eigenvalue weighted by molar-refractivity contribution is -0.136. The van der Waals surface area contributed by atoms with Gasteiger partial charge >= 0.3 is 6.03 Å². The van der Waals surface area contributed by atoms with Crippen molar-refractivity contribution in [1.82, 2.24) is 15.5 Å². The zero-order valence-electron chi connectivity index (χ0n) is 12.9. The molecular formula is C14H24N4O3. The van der Waals surface area contributed by atoms with Crippen molar-refractivity contribution in [1.29, 1.82) is 0 Å². The highest BCUT2D eigenvalue weighted by Gasteiger charge is 2.49. The second-order valence-electron chi connectivity index (χ2n) is 7.09. The molecule has 2 atom stereocenters. The highest BCUT2D eigenvalue weighted by molar-refractivity contribution is 6.07. The Morgan fingerprint density at radius 1 is 1.43 bits per heavy atom. The third kappa shape index (κ3) is 3.18. The first-order chi connectivity index (χ1) is 9.64. The highest BCUT2D eigenvalue weighted by Crippen LogP contribution is 2.26. The van der Waals surface area contributed by atoms with E-state index in [-0.39, 0.29) is 36.2 Å². The molecule has 118 valence electrons. The summed E-state index contributed by atoms with van der Waals surface area (Å²) >= 11 is 0. The fraction of sp³-hybridized carbons (Fsp3) is 0.786. The van der Waals surface area contributed by atoms with Crippen LogP contribution in [-0.2, 0) is 9.59 Å². The summed E-state index contributed by atoms with van der Waals surface area (Å²) < 4.78 is 0. The van der Waals surface area contributed by atoms with E-state index in [0.29, 0.717) is 19.4 Å². The number of carbonyl (C=O) groups excluding carboxylic acids is 3. The molecule has 7 heteroatoms. The summed E-state index contributed by atoms with van der Waals surface area (Å²) in [6.07, 6.45) is 1.49. The molecule has 7 nitrogen and oxygen atoms in total. The van der Waals surface area contributed by atoms with E-state index in [1.54, 1.807) is 4.90 Å². The first-order valence-electron chi connectivity index (χ1n) is 7.31. The van der Waals surface area contributed by atoms with E-state index in [0.717, 1.165) is 0 Å². The van der Waals surface area contributed by atoms with Gasteiger partial charge in [-0.3, -0.25) is 14.9 Å². The van der Waals surface area contributed by atoms with E-state index in [9.17, 15) is 14.4 Å². The van der Waals surface area contributed by atoms with Crippen molar-refractivity contribution < 1.29 is 14.4 Å². The smallest absolute Gasteiger partial charge is 0.322 e. The van der Waals surface area contributed by atoms with Crippen LogP contribution in [0.15, 0.2) is 0 Å². The Bertz CT molecular complexity index is 471. The van der Waals surface area contributed by atoms with Gasteiger partial charge in [-0.2, -0.15) is 0 Å². The predicted molar refractivity (Wildman–Crippen MR) is 77.3 cm³/mol. The molecule has 0 saturated carbocycles. The molecule has 2 aliphatic rings. The number of hydrogen-bond acceptors (Lipinski definition) is 4. The Labute approximate surface area is 124 Å². The fourth-order valence-electron chi connectivity index (χ4n) is 2.71. The fourth-order valence-corrected chi connectivity index (χ4v) is 2.71. The lowest BCUT2D eigenvalue weighted by Crippen LogP contribution is -2.60. The second kappa shape index (κ2) is 5.29. The molecule has 0 radical (unpaired) electrons. The Morgan fingerprint density at radius 2 is 2.10 bits per heavy atom. The van der Waals surface area contributed by atoms with Gasteiger partial charge in [-0.05, 0) is 18.3 Å². The van der Waals surface area contributed by atoms with Gasteiger partial charge in [0.25, 0.3) is 5.91 Å². The molecule has 4 amide bonds.